The van der Waals surface area contributed by atoms with Crippen molar-refractivity contribution in [2.24, 2.45) is 0 Å². The van der Waals surface area contributed by atoms with Crippen LogP contribution in [0.15, 0.2) is 72.8 Å². The number of rotatable bonds is 7. The van der Waals surface area contributed by atoms with E-state index in [2.05, 4.69) is 54.1 Å². The van der Waals surface area contributed by atoms with Gasteiger partial charge < -0.3 is 41.6 Å². The van der Waals surface area contributed by atoms with Crippen molar-refractivity contribution in [2.75, 3.05) is 45.2 Å². The zero-order valence-corrected chi connectivity index (χ0v) is 28.2. The van der Waals surface area contributed by atoms with Crippen LogP contribution in [0.1, 0.15) is 50.3 Å². The van der Waals surface area contributed by atoms with E-state index in [-0.39, 0.29) is 34.9 Å². The number of amides is 3. The van der Waals surface area contributed by atoms with Crippen molar-refractivity contribution in [1.29, 1.82) is 0 Å². The van der Waals surface area contributed by atoms with E-state index in [0.29, 0.717) is 25.4 Å². The van der Waals surface area contributed by atoms with Gasteiger partial charge in [0.05, 0.1) is 33.2 Å². The summed E-state index contributed by atoms with van der Waals surface area (Å²) in [6, 6.07) is 23.7. The second-order valence-electron chi connectivity index (χ2n) is 13.1. The molecule has 10 heteroatoms. The molecule has 2 N–H and O–H groups in total. The average Bonchev–Trinajstić information content (AvgIpc) is 3.29. The topological polar surface area (TPSA) is 97.0 Å². The number of piperazine rings is 1. The molecule has 1 fully saturated rings. The van der Waals surface area contributed by atoms with Crippen LogP contribution in [0.25, 0.3) is 11.1 Å². The molecular weight excluding hydrogens is 636 g/mol. The van der Waals surface area contributed by atoms with Gasteiger partial charge in [0.2, 0.25) is 5.91 Å². The van der Waals surface area contributed by atoms with E-state index in [1.54, 1.807) is 27.7 Å². The summed E-state index contributed by atoms with van der Waals surface area (Å²) in [5.74, 6) is -0.277. The van der Waals surface area contributed by atoms with Crippen molar-refractivity contribution in [3.8, 4) is 11.1 Å². The summed E-state index contributed by atoms with van der Waals surface area (Å²) in [6.07, 6.45) is -0.889. The quantitative estimate of drug-likeness (QED) is 0.375. The minimum Gasteiger partial charge on any atom is -1.00 e. The largest absolute Gasteiger partial charge is 1.00 e. The average molecular weight is 680 g/mol. The maximum absolute atomic E-state index is 13.1. The summed E-state index contributed by atoms with van der Waals surface area (Å²) >= 11 is 0. The zero-order chi connectivity index (χ0) is 31.5. The molecule has 45 heavy (non-hydrogen) atoms. The lowest BCUT2D eigenvalue weighted by Crippen LogP contribution is -3.00. The molecule has 1 aliphatic carbocycles. The Bertz CT molecular complexity index is 1470. The first kappa shape index (κ1) is 34.0. The van der Waals surface area contributed by atoms with Gasteiger partial charge in [-0.1, -0.05) is 60.7 Å². The Balaban J connectivity index is 0.00000461. The summed E-state index contributed by atoms with van der Waals surface area (Å²) in [4.78, 5) is 39.4. The predicted octanol–water partition coefficient (Wildman–Crippen LogP) is 2.75. The van der Waals surface area contributed by atoms with Crippen LogP contribution in [-0.2, 0) is 20.8 Å². The monoisotopic (exact) mass is 678 g/mol. The fourth-order valence-corrected chi connectivity index (χ4v) is 5.91. The lowest BCUT2D eigenvalue weighted by Gasteiger charge is -2.41. The number of alkyl carbamates (subject to hydrolysis) is 1. The summed E-state index contributed by atoms with van der Waals surface area (Å²) in [5.41, 5.74) is 6.01. The number of likely N-dealkylation sites (N-methyl/N-ethyl adjacent to an activating group) is 1. The van der Waals surface area contributed by atoms with Gasteiger partial charge in [-0.05, 0) is 62.1 Å². The smallest absolute Gasteiger partial charge is 0.410 e. The summed E-state index contributed by atoms with van der Waals surface area (Å²) in [7, 11) is 2.20. The number of fused-ring (bicyclic) bond motifs is 3. The highest BCUT2D eigenvalue weighted by molar-refractivity contribution is 5.96. The Morgan fingerprint density at radius 1 is 0.911 bits per heavy atom. The van der Waals surface area contributed by atoms with Crippen LogP contribution in [0.3, 0.4) is 0 Å². The fraction of sp³-hybridized carbons (Fsp3) is 0.400. The second-order valence-corrected chi connectivity index (χ2v) is 13.1. The highest BCUT2D eigenvalue weighted by Crippen LogP contribution is 2.44. The molecule has 9 nitrogen and oxygen atoms in total. The van der Waals surface area contributed by atoms with Crippen LogP contribution in [0.5, 0.6) is 0 Å². The number of ether oxygens (including phenoxy) is 2. The highest BCUT2D eigenvalue weighted by Gasteiger charge is 2.34. The van der Waals surface area contributed by atoms with Crippen LogP contribution in [0.4, 0.5) is 15.3 Å². The van der Waals surface area contributed by atoms with Gasteiger partial charge in [0.15, 0.2) is 0 Å². The Morgan fingerprint density at radius 2 is 1.47 bits per heavy atom. The van der Waals surface area contributed by atoms with Crippen molar-refractivity contribution in [3.05, 3.63) is 89.5 Å². The minimum absolute atomic E-state index is 0. The number of benzene rings is 3. The first-order valence-corrected chi connectivity index (χ1v) is 15.2. The van der Waals surface area contributed by atoms with Gasteiger partial charge in [-0.3, -0.25) is 9.69 Å². The maximum atomic E-state index is 13.1. The minimum atomic E-state index is -0.748. The van der Waals surface area contributed by atoms with Gasteiger partial charge in [-0.25, -0.2) is 9.59 Å². The van der Waals surface area contributed by atoms with Gasteiger partial charge in [0.1, 0.15) is 24.8 Å². The normalized spacial score (nSPS) is 16.0. The molecule has 0 radical (unpaired) electrons. The molecule has 1 heterocycles. The van der Waals surface area contributed by atoms with Crippen LogP contribution in [-0.4, -0.2) is 79.0 Å². The molecule has 3 aromatic rings. The number of hydrogen-bond donors (Lipinski definition) is 2. The van der Waals surface area contributed by atoms with Crippen LogP contribution in [0, 0.1) is 0 Å². The molecule has 0 unspecified atom stereocenters. The first-order valence-electron chi connectivity index (χ1n) is 15.2. The predicted molar refractivity (Wildman–Crippen MR) is 170 cm³/mol. The number of anilines is 1. The van der Waals surface area contributed by atoms with E-state index in [4.69, 9.17) is 9.47 Å². The molecule has 3 amide bonds. The maximum Gasteiger partial charge on any atom is 0.410 e. The Labute approximate surface area is 276 Å². The molecule has 2 aliphatic rings. The molecule has 3 aromatic carbocycles. The van der Waals surface area contributed by atoms with Gasteiger partial charge in [0, 0.05) is 17.2 Å². The van der Waals surface area contributed by atoms with E-state index in [9.17, 15) is 14.4 Å². The summed E-state index contributed by atoms with van der Waals surface area (Å²) in [6.45, 7) is 10.9. The third-order valence-corrected chi connectivity index (χ3v) is 8.33. The molecule has 0 spiro atoms. The molecule has 1 atom stereocenters. The number of carbonyl (C=O) groups excluding carboxylic acids is 3. The van der Waals surface area contributed by atoms with Crippen molar-refractivity contribution < 1.29 is 45.3 Å². The lowest BCUT2D eigenvalue weighted by molar-refractivity contribution is -0.926. The SMILES string of the molecule is C[C@H](NC(=O)OC(C)(C)C)C(=O)Nc1ccc(C[N+]2(C)CCN(C(=O)OCC3c4ccccc4-c4ccccc43)CC2)cc1.[Br-]. The number of nitrogens with one attached hydrogen (secondary N) is 2. The van der Waals surface area contributed by atoms with Crippen LogP contribution in [0.2, 0.25) is 0 Å². The van der Waals surface area contributed by atoms with E-state index >= 15 is 0 Å². The molecule has 1 saturated heterocycles. The molecule has 0 saturated carbocycles. The van der Waals surface area contributed by atoms with Crippen LogP contribution >= 0.6 is 0 Å². The van der Waals surface area contributed by atoms with Crippen molar-refractivity contribution in [2.45, 2.75) is 51.8 Å². The number of quaternary nitrogens is 1. The number of nitrogens with zero attached hydrogens (tertiary/aromatic N) is 2. The Morgan fingerprint density at radius 3 is 2.02 bits per heavy atom. The number of hydrogen-bond acceptors (Lipinski definition) is 5. The van der Waals surface area contributed by atoms with Crippen LogP contribution < -0.4 is 27.6 Å². The fourth-order valence-electron chi connectivity index (χ4n) is 5.91. The van der Waals surface area contributed by atoms with Crippen molar-refractivity contribution >= 4 is 23.8 Å². The molecular formula is C35H43BrN4O5. The highest BCUT2D eigenvalue weighted by atomic mass is 79.9. The number of carbonyl (C=O) groups is 3. The molecule has 1 aliphatic heterocycles. The first-order chi connectivity index (χ1) is 20.9. The lowest BCUT2D eigenvalue weighted by atomic mass is 9.98. The molecule has 0 bridgehead atoms. The van der Waals surface area contributed by atoms with E-state index in [1.165, 1.54) is 22.3 Å². The number of halogens is 1. The van der Waals surface area contributed by atoms with Gasteiger partial charge in [-0.15, -0.1) is 0 Å². The third kappa shape index (κ3) is 8.43. The summed E-state index contributed by atoms with van der Waals surface area (Å²) < 4.78 is 11.9. The molecule has 5 rings (SSSR count). The van der Waals surface area contributed by atoms with E-state index in [1.807, 2.05) is 41.3 Å². The Hall–Kier alpha value is -3.89. The zero-order valence-electron chi connectivity index (χ0n) is 26.6. The summed E-state index contributed by atoms with van der Waals surface area (Å²) in [5, 5.41) is 5.40. The van der Waals surface area contributed by atoms with E-state index < -0.39 is 17.7 Å². The van der Waals surface area contributed by atoms with E-state index in [0.717, 1.165) is 29.7 Å². The van der Waals surface area contributed by atoms with Gasteiger partial charge >= 0.3 is 12.2 Å². The standard InChI is InChI=1S/C35H42N4O5.BrH/c1-24(36-33(41)44-35(2,3)4)32(40)37-26-16-14-25(15-17-26)22-39(5)20-18-38(19-21-39)34(42)43-23-31-29-12-8-6-10-27(29)28-11-7-9-13-30(28)31;/h6-17,24,31H,18-23H2,1-5H3,(H-,36,37,40,41);1H/t24-;/m0./s1. The van der Waals surface area contributed by atoms with Crippen molar-refractivity contribution in [3.63, 3.8) is 0 Å². The van der Waals surface area contributed by atoms with Gasteiger partial charge in [-0.2, -0.15) is 0 Å². The molecule has 240 valence electrons. The Kier molecular flexibility index (Phi) is 10.6. The second kappa shape index (κ2) is 14.0. The van der Waals surface area contributed by atoms with Gasteiger partial charge in [0.25, 0.3) is 0 Å². The third-order valence-electron chi connectivity index (χ3n) is 8.33. The van der Waals surface area contributed by atoms with Crippen molar-refractivity contribution in [1.82, 2.24) is 10.2 Å². The molecule has 0 aromatic heterocycles.